The Hall–Kier alpha value is -2.69. The number of carbonyl (C=O) groups excluding carboxylic acids is 1. The van der Waals surface area contributed by atoms with Crippen molar-refractivity contribution in [1.29, 1.82) is 0 Å². The quantitative estimate of drug-likeness (QED) is 0.658. The molecule has 1 aromatic heterocycles. The number of hydrazone groups is 1. The molecule has 0 saturated heterocycles. The maximum atomic E-state index is 11.8. The highest BCUT2D eigenvalue weighted by Gasteiger charge is 2.04. The molecule has 1 amide bonds. The van der Waals surface area contributed by atoms with E-state index in [9.17, 15) is 4.79 Å². The largest absolute Gasteiger partial charge is 0.493 e. The van der Waals surface area contributed by atoms with Crippen molar-refractivity contribution in [2.75, 3.05) is 6.61 Å². The lowest BCUT2D eigenvalue weighted by atomic mass is 10.2. The van der Waals surface area contributed by atoms with Gasteiger partial charge in [-0.05, 0) is 30.2 Å². The van der Waals surface area contributed by atoms with E-state index < -0.39 is 0 Å². The molecule has 1 N–H and O–H groups in total. The maximum absolute atomic E-state index is 11.8. The molecule has 0 unspecified atom stereocenters. The number of nitrogens with one attached hydrogen (secondary N) is 1. The Morgan fingerprint density at radius 2 is 2.14 bits per heavy atom. The summed E-state index contributed by atoms with van der Waals surface area (Å²) in [6.07, 6.45) is 4.68. The van der Waals surface area contributed by atoms with Crippen molar-refractivity contribution in [3.8, 4) is 5.75 Å². The van der Waals surface area contributed by atoms with E-state index in [2.05, 4.69) is 29.4 Å². The predicted molar refractivity (Wildman–Crippen MR) is 86.1 cm³/mol. The van der Waals surface area contributed by atoms with Crippen LogP contribution in [0.5, 0.6) is 5.75 Å². The molecule has 0 aliphatic heterocycles. The first-order chi connectivity index (χ1) is 10.7. The topological polar surface area (TPSA) is 63.6 Å². The summed E-state index contributed by atoms with van der Waals surface area (Å²) in [7, 11) is 0. The van der Waals surface area contributed by atoms with Gasteiger partial charge in [-0.1, -0.05) is 26.0 Å². The van der Waals surface area contributed by atoms with Gasteiger partial charge >= 0.3 is 0 Å². The molecule has 2 aromatic rings. The van der Waals surface area contributed by atoms with Crippen molar-refractivity contribution in [2.45, 2.75) is 13.8 Å². The summed E-state index contributed by atoms with van der Waals surface area (Å²) in [6, 6.07) is 10.9. The number of pyridine rings is 1. The molecule has 1 heterocycles. The highest BCUT2D eigenvalue weighted by Crippen LogP contribution is 2.16. The van der Waals surface area contributed by atoms with Crippen LogP contribution in [0.3, 0.4) is 0 Å². The minimum Gasteiger partial charge on any atom is -0.493 e. The third-order valence-electron chi connectivity index (χ3n) is 2.78. The summed E-state index contributed by atoms with van der Waals surface area (Å²) >= 11 is 0. The highest BCUT2D eigenvalue weighted by molar-refractivity contribution is 5.94. The van der Waals surface area contributed by atoms with Gasteiger partial charge < -0.3 is 4.74 Å². The number of para-hydroxylation sites is 1. The van der Waals surface area contributed by atoms with Crippen LogP contribution in [0.25, 0.3) is 0 Å². The van der Waals surface area contributed by atoms with Crippen molar-refractivity contribution in [3.63, 3.8) is 0 Å². The van der Waals surface area contributed by atoms with Crippen molar-refractivity contribution in [3.05, 3.63) is 59.9 Å². The van der Waals surface area contributed by atoms with Gasteiger partial charge in [0.2, 0.25) is 0 Å². The fourth-order valence-electron chi connectivity index (χ4n) is 1.70. The number of hydrogen-bond acceptors (Lipinski definition) is 4. The van der Waals surface area contributed by atoms with E-state index in [1.165, 1.54) is 6.20 Å². The zero-order valence-electron chi connectivity index (χ0n) is 12.7. The average Bonchev–Trinajstić information content (AvgIpc) is 2.54. The van der Waals surface area contributed by atoms with Crippen LogP contribution in [0, 0.1) is 5.92 Å². The molecule has 0 aliphatic carbocycles. The van der Waals surface area contributed by atoms with Crippen molar-refractivity contribution < 1.29 is 9.53 Å². The molecule has 0 aliphatic rings. The third kappa shape index (κ3) is 4.70. The van der Waals surface area contributed by atoms with Crippen LogP contribution in [-0.4, -0.2) is 23.7 Å². The molecular formula is C17H19N3O2. The Bertz CT molecular complexity index is 639. The smallest absolute Gasteiger partial charge is 0.272 e. The van der Waals surface area contributed by atoms with Gasteiger partial charge in [0.05, 0.1) is 18.4 Å². The minimum atomic E-state index is -0.301. The first kappa shape index (κ1) is 15.7. The lowest BCUT2D eigenvalue weighted by Crippen LogP contribution is -2.17. The van der Waals surface area contributed by atoms with Crippen LogP contribution in [0.1, 0.15) is 29.8 Å². The summed E-state index contributed by atoms with van der Waals surface area (Å²) in [5, 5.41) is 3.97. The van der Waals surface area contributed by atoms with Crippen LogP contribution >= 0.6 is 0 Å². The molecule has 0 bridgehead atoms. The molecule has 0 atom stereocenters. The molecular weight excluding hydrogens is 278 g/mol. The van der Waals surface area contributed by atoms with Crippen molar-refractivity contribution in [1.82, 2.24) is 10.4 Å². The van der Waals surface area contributed by atoms with Gasteiger partial charge in [0.25, 0.3) is 5.91 Å². The van der Waals surface area contributed by atoms with Gasteiger partial charge in [-0.2, -0.15) is 5.10 Å². The number of ether oxygens (including phenoxy) is 1. The molecule has 5 heteroatoms. The number of carbonyl (C=O) groups is 1. The highest BCUT2D eigenvalue weighted by atomic mass is 16.5. The third-order valence-corrected chi connectivity index (χ3v) is 2.78. The van der Waals surface area contributed by atoms with E-state index in [0.717, 1.165) is 11.3 Å². The van der Waals surface area contributed by atoms with Crippen LogP contribution in [0.15, 0.2) is 53.9 Å². The van der Waals surface area contributed by atoms with E-state index in [1.54, 1.807) is 24.5 Å². The summed E-state index contributed by atoms with van der Waals surface area (Å²) in [5.41, 5.74) is 3.75. The Morgan fingerprint density at radius 3 is 2.86 bits per heavy atom. The lowest BCUT2D eigenvalue weighted by Gasteiger charge is -2.10. The first-order valence-corrected chi connectivity index (χ1v) is 7.12. The van der Waals surface area contributed by atoms with Crippen molar-refractivity contribution >= 4 is 12.1 Å². The van der Waals surface area contributed by atoms with E-state index in [4.69, 9.17) is 4.74 Å². The molecule has 5 nitrogen and oxygen atoms in total. The van der Waals surface area contributed by atoms with Gasteiger partial charge in [-0.15, -0.1) is 0 Å². The summed E-state index contributed by atoms with van der Waals surface area (Å²) < 4.78 is 5.73. The van der Waals surface area contributed by atoms with Gasteiger partial charge in [0, 0.05) is 18.0 Å². The van der Waals surface area contributed by atoms with Crippen molar-refractivity contribution in [2.24, 2.45) is 11.0 Å². The SMILES string of the molecule is CC(C)COc1ccccc1/C=N\NC(=O)c1cccnc1. The number of benzene rings is 1. The number of rotatable bonds is 6. The number of nitrogens with zero attached hydrogens (tertiary/aromatic N) is 2. The molecule has 0 radical (unpaired) electrons. The van der Waals surface area contributed by atoms with Gasteiger partial charge in [-0.25, -0.2) is 5.43 Å². The molecule has 0 saturated carbocycles. The second kappa shape index (κ2) is 7.93. The lowest BCUT2D eigenvalue weighted by molar-refractivity contribution is 0.0954. The second-order valence-electron chi connectivity index (χ2n) is 5.18. The zero-order valence-corrected chi connectivity index (χ0v) is 12.7. The van der Waals surface area contributed by atoms with Crippen LogP contribution in [-0.2, 0) is 0 Å². The molecule has 2 rings (SSSR count). The van der Waals surface area contributed by atoms with Crippen LogP contribution < -0.4 is 10.2 Å². The number of aromatic nitrogens is 1. The Morgan fingerprint density at radius 1 is 1.32 bits per heavy atom. The second-order valence-corrected chi connectivity index (χ2v) is 5.18. The fraction of sp³-hybridized carbons (Fsp3) is 0.235. The average molecular weight is 297 g/mol. The molecule has 22 heavy (non-hydrogen) atoms. The van der Waals surface area contributed by atoms with Crippen LogP contribution in [0.4, 0.5) is 0 Å². The fourth-order valence-corrected chi connectivity index (χ4v) is 1.70. The standard InChI is InChI=1S/C17H19N3O2/c1-13(2)12-22-16-8-4-3-6-14(16)11-19-20-17(21)15-7-5-9-18-10-15/h3-11,13H,12H2,1-2H3,(H,20,21)/b19-11-. The maximum Gasteiger partial charge on any atom is 0.272 e. The van der Waals surface area contributed by atoms with E-state index in [1.807, 2.05) is 24.3 Å². The Balaban J connectivity index is 1.99. The molecule has 0 spiro atoms. The Labute approximate surface area is 130 Å². The monoisotopic (exact) mass is 297 g/mol. The van der Waals surface area contributed by atoms with Gasteiger partial charge in [-0.3, -0.25) is 9.78 Å². The summed E-state index contributed by atoms with van der Waals surface area (Å²) in [6.45, 7) is 4.81. The minimum absolute atomic E-state index is 0.301. The van der Waals surface area contributed by atoms with E-state index in [0.29, 0.717) is 18.1 Å². The molecule has 1 aromatic carbocycles. The van der Waals surface area contributed by atoms with Gasteiger partial charge in [0.1, 0.15) is 5.75 Å². The van der Waals surface area contributed by atoms with Crippen LogP contribution in [0.2, 0.25) is 0 Å². The molecule has 114 valence electrons. The van der Waals surface area contributed by atoms with Gasteiger partial charge in [0.15, 0.2) is 0 Å². The zero-order chi connectivity index (χ0) is 15.8. The predicted octanol–water partition coefficient (Wildman–Crippen LogP) is 2.88. The summed E-state index contributed by atoms with van der Waals surface area (Å²) in [5.74, 6) is 0.885. The summed E-state index contributed by atoms with van der Waals surface area (Å²) in [4.78, 5) is 15.7. The van der Waals surface area contributed by atoms with E-state index in [-0.39, 0.29) is 5.91 Å². The number of hydrogen-bond donors (Lipinski definition) is 1. The number of amides is 1. The Kier molecular flexibility index (Phi) is 5.65. The van der Waals surface area contributed by atoms with E-state index >= 15 is 0 Å². The normalized spacial score (nSPS) is 10.9. The first-order valence-electron chi connectivity index (χ1n) is 7.12. The molecule has 0 fully saturated rings.